The summed E-state index contributed by atoms with van der Waals surface area (Å²) in [5, 5.41) is 10.7. The summed E-state index contributed by atoms with van der Waals surface area (Å²) in [4.78, 5) is 4.79. The molecule has 5 heteroatoms. The highest BCUT2D eigenvalue weighted by Crippen LogP contribution is 2.60. The van der Waals surface area contributed by atoms with Crippen LogP contribution in [-0.4, -0.2) is 0 Å². The van der Waals surface area contributed by atoms with E-state index in [0.717, 1.165) is 113 Å². The molecule has 0 radical (unpaired) electrons. The van der Waals surface area contributed by atoms with Crippen LogP contribution in [0.15, 0.2) is 359 Å². The number of rotatable bonds is 10. The van der Waals surface area contributed by atoms with Gasteiger partial charge in [-0.15, -0.1) is 0 Å². The summed E-state index contributed by atoms with van der Waals surface area (Å²) in [6, 6.07) is 118. The molecule has 464 valence electrons. The predicted molar refractivity (Wildman–Crippen MR) is 408 cm³/mol. The number of furan rings is 3. The number of benzene rings is 15. The highest BCUT2D eigenvalue weighted by atomic mass is 16.3. The van der Waals surface area contributed by atoms with Crippen LogP contribution in [0.5, 0.6) is 0 Å². The van der Waals surface area contributed by atoms with Crippen molar-refractivity contribution in [2.75, 3.05) is 9.80 Å². The number of anilines is 6. The number of allylic oxidation sites excluding steroid dienone is 4. The fraction of sp³-hybridized carbons (Fsp3) is 0.0426. The minimum absolute atomic E-state index is 0.514. The Morgan fingerprint density at radius 3 is 1.05 bits per heavy atom. The molecule has 1 unspecified atom stereocenters. The van der Waals surface area contributed by atoms with E-state index < -0.39 is 10.8 Å². The number of hydrogen-bond donors (Lipinski definition) is 0. The Labute approximate surface area is 571 Å². The van der Waals surface area contributed by atoms with Crippen molar-refractivity contribution in [3.05, 3.63) is 384 Å². The molecule has 99 heavy (non-hydrogen) atoms. The highest BCUT2D eigenvalue weighted by Gasteiger charge is 2.48. The standard InChI is InChI=1S/C94H60N2O3/c1-5-25-63(26-6-1)93(64-27-7-2-8-28-64)83-35-19-17-33-73(83)75-45-41-69(51-85(75)93)95(67-39-37-59-21-13-15-23-61(59)49-67)71-43-47-77-79-55-91-81(57-89(79)97-87(77)53-71)82-58-90-80(56-92(82)99-91)78-48-44-72(54-88(78)98-90)96(68-40-38-60-22-14-16-24-62(60)50-68)70-42-46-76-74-34-18-20-36-84(74)94(86(76)52-70,65-29-9-3-10-30-65)66-31-11-4-12-32-66/h1-3,5-11,13-58H,4,12H2. The van der Waals surface area contributed by atoms with E-state index in [2.05, 4.69) is 350 Å². The monoisotopic (exact) mass is 1260 g/mol. The lowest BCUT2D eigenvalue weighted by Gasteiger charge is -2.36. The Hall–Kier alpha value is -12.7. The van der Waals surface area contributed by atoms with Gasteiger partial charge in [-0.05, 0) is 198 Å². The van der Waals surface area contributed by atoms with Gasteiger partial charge < -0.3 is 23.1 Å². The van der Waals surface area contributed by atoms with Crippen LogP contribution in [0, 0.1) is 0 Å². The Morgan fingerprint density at radius 1 is 0.242 bits per heavy atom. The molecule has 3 aliphatic carbocycles. The zero-order valence-electron chi connectivity index (χ0n) is 53.9. The van der Waals surface area contributed by atoms with E-state index in [1.165, 1.54) is 88.3 Å². The lowest BCUT2D eigenvalue weighted by molar-refractivity contribution is 0.662. The first-order valence-electron chi connectivity index (χ1n) is 34.3. The zero-order chi connectivity index (χ0) is 64.9. The molecule has 0 amide bonds. The minimum atomic E-state index is -0.564. The molecule has 5 nitrogen and oxygen atoms in total. The summed E-state index contributed by atoms with van der Waals surface area (Å²) in [7, 11) is 0. The van der Waals surface area contributed by atoms with Crippen molar-refractivity contribution in [3.63, 3.8) is 0 Å². The third-order valence-corrected chi connectivity index (χ3v) is 21.7. The van der Waals surface area contributed by atoms with Crippen molar-refractivity contribution in [1.29, 1.82) is 0 Å². The van der Waals surface area contributed by atoms with Gasteiger partial charge in [-0.25, -0.2) is 0 Å². The fourth-order valence-electron chi connectivity index (χ4n) is 17.4. The predicted octanol–water partition coefficient (Wildman–Crippen LogP) is 25.6. The first-order valence-corrected chi connectivity index (χ1v) is 34.3. The molecule has 21 rings (SSSR count). The normalized spacial score (nSPS) is 15.1. The molecule has 0 saturated heterocycles. The molecule has 18 aromatic rings. The smallest absolute Gasteiger partial charge is 0.137 e. The molecule has 0 fully saturated rings. The van der Waals surface area contributed by atoms with Gasteiger partial charge >= 0.3 is 0 Å². The van der Waals surface area contributed by atoms with Gasteiger partial charge in [-0.2, -0.15) is 0 Å². The molecule has 15 aromatic carbocycles. The third kappa shape index (κ3) is 8.16. The second kappa shape index (κ2) is 21.4. The number of nitrogens with zero attached hydrogens (tertiary/aromatic N) is 2. The van der Waals surface area contributed by atoms with Crippen LogP contribution in [0.4, 0.5) is 34.1 Å². The molecule has 0 bridgehead atoms. The lowest BCUT2D eigenvalue weighted by Crippen LogP contribution is -2.29. The Morgan fingerprint density at radius 2 is 0.586 bits per heavy atom. The van der Waals surface area contributed by atoms with E-state index in [0.29, 0.717) is 0 Å². The summed E-state index contributed by atoms with van der Waals surface area (Å²) in [5.41, 5.74) is 25.0. The zero-order valence-corrected chi connectivity index (χ0v) is 53.9. The summed E-state index contributed by atoms with van der Waals surface area (Å²) >= 11 is 0. The maximum Gasteiger partial charge on any atom is 0.137 e. The van der Waals surface area contributed by atoms with E-state index in [1.54, 1.807) is 0 Å². The van der Waals surface area contributed by atoms with Crippen molar-refractivity contribution in [2.45, 2.75) is 23.7 Å². The fourth-order valence-corrected chi connectivity index (χ4v) is 17.4. The van der Waals surface area contributed by atoms with Crippen molar-refractivity contribution in [3.8, 4) is 22.3 Å². The van der Waals surface area contributed by atoms with Crippen molar-refractivity contribution in [1.82, 2.24) is 0 Å². The van der Waals surface area contributed by atoms with Crippen LogP contribution in [0.1, 0.15) is 51.8 Å². The molecule has 0 aliphatic heterocycles. The molecule has 3 aromatic heterocycles. The average molecular weight is 1270 g/mol. The van der Waals surface area contributed by atoms with Gasteiger partial charge in [0.25, 0.3) is 0 Å². The second-order valence-electron chi connectivity index (χ2n) is 26.9. The quantitative estimate of drug-likeness (QED) is 0.137. The van der Waals surface area contributed by atoms with Crippen LogP contribution < -0.4 is 9.80 Å². The molecule has 0 spiro atoms. The van der Waals surface area contributed by atoms with Gasteiger partial charge in [-0.3, -0.25) is 0 Å². The van der Waals surface area contributed by atoms with Crippen LogP contribution in [-0.2, 0) is 10.8 Å². The summed E-state index contributed by atoms with van der Waals surface area (Å²) in [5.74, 6) is 0. The van der Waals surface area contributed by atoms with E-state index >= 15 is 0 Å². The Kier molecular flexibility index (Phi) is 12.0. The van der Waals surface area contributed by atoms with Gasteiger partial charge in [0, 0.05) is 78.6 Å². The van der Waals surface area contributed by atoms with Gasteiger partial charge in [0.15, 0.2) is 0 Å². The first kappa shape index (κ1) is 55.6. The largest absolute Gasteiger partial charge is 0.456 e. The summed E-state index contributed by atoms with van der Waals surface area (Å²) in [6.45, 7) is 0. The van der Waals surface area contributed by atoms with Crippen LogP contribution in [0.3, 0.4) is 0 Å². The van der Waals surface area contributed by atoms with Crippen molar-refractivity contribution < 1.29 is 13.3 Å². The second-order valence-corrected chi connectivity index (χ2v) is 26.9. The molecular weight excluding hydrogens is 1210 g/mol. The Balaban J connectivity index is 0.687. The van der Waals surface area contributed by atoms with Crippen molar-refractivity contribution in [2.24, 2.45) is 0 Å². The highest BCUT2D eigenvalue weighted by molar-refractivity contribution is 6.19. The minimum Gasteiger partial charge on any atom is -0.456 e. The van der Waals surface area contributed by atoms with Gasteiger partial charge in [0.1, 0.15) is 33.5 Å². The maximum atomic E-state index is 7.05. The van der Waals surface area contributed by atoms with Crippen LogP contribution >= 0.6 is 0 Å². The van der Waals surface area contributed by atoms with E-state index in [-0.39, 0.29) is 0 Å². The summed E-state index contributed by atoms with van der Waals surface area (Å²) in [6.07, 6.45) is 9.22. The average Bonchev–Trinajstić information content (AvgIpc) is 1.56. The van der Waals surface area contributed by atoms with E-state index in [4.69, 9.17) is 13.3 Å². The van der Waals surface area contributed by atoms with Gasteiger partial charge in [0.2, 0.25) is 0 Å². The molecule has 3 aliphatic rings. The van der Waals surface area contributed by atoms with Crippen LogP contribution in [0.2, 0.25) is 0 Å². The molecule has 0 N–H and O–H groups in total. The van der Waals surface area contributed by atoms with Crippen LogP contribution in [0.25, 0.3) is 110 Å². The van der Waals surface area contributed by atoms with Gasteiger partial charge in [0.05, 0.1) is 10.8 Å². The van der Waals surface area contributed by atoms with Crippen molar-refractivity contribution >= 4 is 121 Å². The molecular formula is C94H60N2O3. The van der Waals surface area contributed by atoms with Gasteiger partial charge in [-0.1, -0.05) is 231 Å². The van der Waals surface area contributed by atoms with E-state index in [1.807, 2.05) is 0 Å². The first-order chi connectivity index (χ1) is 49.0. The summed E-state index contributed by atoms with van der Waals surface area (Å²) < 4.78 is 21.0. The molecule has 1 atom stereocenters. The molecule has 0 saturated carbocycles. The maximum absolute atomic E-state index is 7.05. The lowest BCUT2D eigenvalue weighted by atomic mass is 9.66. The number of hydrogen-bond acceptors (Lipinski definition) is 5. The SMILES string of the molecule is C1=CC(C2(c3ccccc3)c3ccccc3-c3ccc(N(c4ccc5ccccc5c4)c4ccc5c(c4)oc4cc6c(cc45)oc4cc5c(cc46)oc4cc(N(c6ccc7c(c6)C(c6ccccc6)(c6ccccc6)c6ccccc6-7)c6ccc7ccccc7c6)ccc45)cc32)=CCC1. The number of fused-ring (bicyclic) bond motifs is 17. The van der Waals surface area contributed by atoms with E-state index in [9.17, 15) is 0 Å². The molecule has 3 heterocycles. The third-order valence-electron chi connectivity index (χ3n) is 21.7. The topological polar surface area (TPSA) is 45.9 Å². The Bertz CT molecular complexity index is 6410.